The van der Waals surface area contributed by atoms with Gasteiger partial charge in [0.2, 0.25) is 0 Å². The summed E-state index contributed by atoms with van der Waals surface area (Å²) in [5.41, 5.74) is 9.27. The van der Waals surface area contributed by atoms with E-state index in [2.05, 4.69) is 97.2 Å². The van der Waals surface area contributed by atoms with Crippen LogP contribution in [-0.2, 0) is 20.4 Å². The molecule has 0 aromatic heterocycles. The predicted molar refractivity (Wildman–Crippen MR) is 183 cm³/mol. The van der Waals surface area contributed by atoms with Gasteiger partial charge in [-0.25, -0.2) is 0 Å². The third-order valence-electron chi connectivity index (χ3n) is 9.71. The van der Waals surface area contributed by atoms with E-state index < -0.39 is 0 Å². The molecule has 0 spiro atoms. The number of aliphatic hydroxyl groups excluding tert-OH is 1. The van der Waals surface area contributed by atoms with E-state index in [1.54, 1.807) is 11.1 Å². The molecule has 2 atom stereocenters. The van der Waals surface area contributed by atoms with Crippen LogP contribution < -0.4 is 10.9 Å². The Labute approximate surface area is 296 Å². The summed E-state index contributed by atoms with van der Waals surface area (Å²) in [6.45, 7) is 15.4. The van der Waals surface area contributed by atoms with Gasteiger partial charge in [0.05, 0.1) is 7.11 Å². The normalized spacial score (nSPS) is 18.6. The van der Waals surface area contributed by atoms with Gasteiger partial charge in [0.25, 0.3) is 0 Å². The molecule has 1 aliphatic carbocycles. The first-order valence-corrected chi connectivity index (χ1v) is 16.0. The Balaban J connectivity index is 0.000000370. The van der Waals surface area contributed by atoms with E-state index in [4.69, 9.17) is 5.11 Å². The average molecular weight is 612 g/mol. The van der Waals surface area contributed by atoms with Gasteiger partial charge in [-0.2, -0.15) is 0 Å². The second-order valence-electron chi connectivity index (χ2n) is 14.0. The van der Waals surface area contributed by atoms with Crippen LogP contribution in [0.4, 0.5) is 0 Å². The smallest absolute Gasteiger partial charge is 0.302 e. The van der Waals surface area contributed by atoms with Crippen LogP contribution in [0.2, 0.25) is 12.6 Å². The average Bonchev–Trinajstić information content (AvgIpc) is 3.45. The van der Waals surface area contributed by atoms with Gasteiger partial charge >= 0.3 is 5.97 Å². The van der Waals surface area contributed by atoms with Crippen molar-refractivity contribution < 1.29 is 52.4 Å². The van der Waals surface area contributed by atoms with Crippen molar-refractivity contribution >= 4 is 31.5 Å². The molecular formula is C37H58ArB2O3. The molecule has 238 valence electrons. The van der Waals surface area contributed by atoms with Crippen LogP contribution in [0.5, 0.6) is 0 Å². The molecule has 2 heterocycles. The number of hydrogen-bond donors (Lipinski definition) is 1. The van der Waals surface area contributed by atoms with Crippen molar-refractivity contribution in [3.8, 4) is 0 Å². The molecule has 2 aliphatic heterocycles. The first-order valence-electron chi connectivity index (χ1n) is 16.0. The van der Waals surface area contributed by atoms with E-state index in [-0.39, 0.29) is 69.1 Å². The Morgan fingerprint density at radius 2 is 1.33 bits per heavy atom. The van der Waals surface area contributed by atoms with Crippen LogP contribution in [0.15, 0.2) is 36.4 Å². The van der Waals surface area contributed by atoms with Crippen molar-refractivity contribution in [2.24, 2.45) is 5.92 Å². The van der Waals surface area contributed by atoms with E-state index >= 15 is 0 Å². The zero-order valence-electron chi connectivity index (χ0n) is 27.5. The Morgan fingerprint density at radius 1 is 0.884 bits per heavy atom. The number of fused-ring (bicyclic) bond motifs is 2. The number of carbonyl (C=O) groups is 1. The van der Waals surface area contributed by atoms with Crippen molar-refractivity contribution in [1.82, 2.24) is 0 Å². The zero-order chi connectivity index (χ0) is 30.2. The second kappa shape index (κ2) is 18.4. The summed E-state index contributed by atoms with van der Waals surface area (Å²) in [6.07, 6.45) is 12.5. The Bertz CT molecular complexity index is 1140. The molecule has 3 nitrogen and oxygen atoms in total. The fraction of sp³-hybridized carbons (Fsp3) is 0.649. The third kappa shape index (κ3) is 11.5. The first-order chi connectivity index (χ1) is 19.4. The van der Waals surface area contributed by atoms with Crippen molar-refractivity contribution in [2.45, 2.75) is 136 Å². The molecule has 43 heavy (non-hydrogen) atoms. The van der Waals surface area contributed by atoms with Crippen molar-refractivity contribution in [3.63, 3.8) is 0 Å². The number of methoxy groups -OCH3 is 1. The maximum atomic E-state index is 9.59. The molecule has 0 saturated heterocycles. The zero-order valence-corrected chi connectivity index (χ0v) is 28.2. The Hall–Kier alpha value is -0.740. The number of aliphatic hydroxyl groups is 1. The maximum Gasteiger partial charge on any atom is 0.302 e. The molecule has 5 rings (SSSR count). The van der Waals surface area contributed by atoms with E-state index in [0.29, 0.717) is 11.3 Å². The van der Waals surface area contributed by atoms with Gasteiger partial charge in [0, 0.05) is 57.2 Å². The quantitative estimate of drug-likeness (QED) is 0.267. The summed E-state index contributed by atoms with van der Waals surface area (Å²) in [5.74, 6) is 1.73. The molecule has 2 aromatic carbocycles. The van der Waals surface area contributed by atoms with Gasteiger partial charge in [0.15, 0.2) is 14.6 Å². The van der Waals surface area contributed by atoms with Crippen LogP contribution in [0.25, 0.3) is 0 Å². The van der Waals surface area contributed by atoms with Gasteiger partial charge in [0.1, 0.15) is 0 Å². The number of esters is 1. The standard InChI is InChI=1S/C20H30B.C13H18BO.C3H6O2.CH4.Ar/c1-15(9-10-16-7-5-4-6-8-16)17-11-12-19-18(13-17)20(2,3)14-21-19;1-9(7-15)10-4-5-12-11(6-10)13(2,3)8-14-12;1-3(4)5-2;;/h11-13,15-16H,4-10,14H2,1-3H3;4-6,9,15H,7-8H2,1-3H3;1-2H3;1H4;. The largest absolute Gasteiger partial charge is 0.469 e. The molecule has 1 N–H and O–H groups in total. The van der Waals surface area contributed by atoms with E-state index in [9.17, 15) is 4.79 Å². The number of ether oxygens (including phenoxy) is 1. The van der Waals surface area contributed by atoms with Gasteiger partial charge < -0.3 is 9.84 Å². The van der Waals surface area contributed by atoms with Crippen LogP contribution >= 0.6 is 0 Å². The molecule has 3 aliphatic rings. The minimum absolute atomic E-state index is 0. The van der Waals surface area contributed by atoms with Crippen LogP contribution in [0.1, 0.15) is 135 Å². The SMILES string of the molecule is C.CC(CCC1CCCCC1)c1ccc2c(c1)C(C)(C)C[B]2.CC(CO)c1ccc2c(c1)C(C)(C)C[B]2.COC(C)=O.[Ar]. The molecular weight excluding hydrogens is 554 g/mol. The minimum atomic E-state index is -0.245. The summed E-state index contributed by atoms with van der Waals surface area (Å²) < 4.78 is 4.11. The summed E-state index contributed by atoms with van der Waals surface area (Å²) in [7, 11) is 6.07. The second-order valence-corrected chi connectivity index (χ2v) is 14.0. The summed E-state index contributed by atoms with van der Waals surface area (Å²) in [6, 6.07) is 13.8. The first kappa shape index (κ1) is 40.3. The molecule has 0 bridgehead atoms. The van der Waals surface area contributed by atoms with Gasteiger partial charge in [-0.3, -0.25) is 4.79 Å². The number of benzene rings is 2. The Kier molecular flexibility index (Phi) is 17.3. The van der Waals surface area contributed by atoms with Crippen LogP contribution in [-0.4, -0.2) is 39.4 Å². The maximum absolute atomic E-state index is 9.59. The van der Waals surface area contributed by atoms with E-state index in [0.717, 1.165) is 12.2 Å². The van der Waals surface area contributed by atoms with Crippen LogP contribution in [0, 0.1) is 43.7 Å². The van der Waals surface area contributed by atoms with Gasteiger partial charge in [-0.15, -0.1) is 0 Å². The van der Waals surface area contributed by atoms with Crippen molar-refractivity contribution in [3.05, 3.63) is 58.7 Å². The van der Waals surface area contributed by atoms with Crippen LogP contribution in [0.3, 0.4) is 0 Å². The van der Waals surface area contributed by atoms with E-state index in [1.807, 2.05) is 0 Å². The number of hydrogen-bond acceptors (Lipinski definition) is 3. The summed E-state index contributed by atoms with van der Waals surface area (Å²) >= 11 is 0. The van der Waals surface area contributed by atoms with Gasteiger partial charge in [-0.1, -0.05) is 141 Å². The molecule has 2 radical (unpaired) electrons. The fourth-order valence-corrected chi connectivity index (χ4v) is 6.47. The third-order valence-corrected chi connectivity index (χ3v) is 9.71. The molecule has 6 heteroatoms. The minimum Gasteiger partial charge on any atom is -0.469 e. The fourth-order valence-electron chi connectivity index (χ4n) is 6.47. The molecule has 0 amide bonds. The predicted octanol–water partition coefficient (Wildman–Crippen LogP) is 7.83. The number of rotatable bonds is 6. The molecule has 1 fully saturated rings. The summed E-state index contributed by atoms with van der Waals surface area (Å²) in [4.78, 5) is 9.59. The topological polar surface area (TPSA) is 46.5 Å². The molecule has 1 saturated carbocycles. The van der Waals surface area contributed by atoms with Crippen molar-refractivity contribution in [1.29, 1.82) is 0 Å². The molecule has 2 aromatic rings. The Morgan fingerprint density at radius 3 is 1.74 bits per heavy atom. The van der Waals surface area contributed by atoms with Crippen molar-refractivity contribution in [2.75, 3.05) is 13.7 Å². The molecule has 2 unspecified atom stereocenters. The number of carbonyl (C=O) groups excluding carboxylic acids is 1. The monoisotopic (exact) mass is 612 g/mol. The van der Waals surface area contributed by atoms with E-state index in [1.165, 1.54) is 87.4 Å². The van der Waals surface area contributed by atoms with Gasteiger partial charge in [-0.05, 0) is 57.8 Å². The summed E-state index contributed by atoms with van der Waals surface area (Å²) in [5, 5.41) is 9.16.